The average molecular weight is 186 g/mol. The molecule has 0 aliphatic carbocycles. The molecule has 0 radical (unpaired) electrons. The van der Waals surface area contributed by atoms with Crippen LogP contribution in [0.4, 0.5) is 0 Å². The standard InChI is InChI=1S/C8H14N2O3/c9-6-3-1-2-4-10(8(6)13)5-7(11)12/h6H,1-5,9H2,(H,11,12)/t6-/m1/s1. The number of aliphatic carboxylic acids is 1. The minimum Gasteiger partial charge on any atom is -0.480 e. The number of carbonyl (C=O) groups excluding carboxylic acids is 1. The van der Waals surface area contributed by atoms with Gasteiger partial charge in [0.2, 0.25) is 5.91 Å². The topological polar surface area (TPSA) is 83.6 Å². The Morgan fingerprint density at radius 1 is 1.62 bits per heavy atom. The molecule has 13 heavy (non-hydrogen) atoms. The van der Waals surface area contributed by atoms with Crippen LogP contribution >= 0.6 is 0 Å². The first-order valence-electron chi connectivity index (χ1n) is 4.37. The van der Waals surface area contributed by atoms with E-state index >= 15 is 0 Å². The summed E-state index contributed by atoms with van der Waals surface area (Å²) in [4.78, 5) is 23.1. The number of carboxylic acid groups (broad SMARTS) is 1. The van der Waals surface area contributed by atoms with Crippen LogP contribution in [0.2, 0.25) is 0 Å². The monoisotopic (exact) mass is 186 g/mol. The molecule has 5 heteroatoms. The van der Waals surface area contributed by atoms with Gasteiger partial charge in [0, 0.05) is 6.54 Å². The molecule has 74 valence electrons. The normalized spacial score (nSPS) is 24.2. The van der Waals surface area contributed by atoms with Gasteiger partial charge >= 0.3 is 5.97 Å². The van der Waals surface area contributed by atoms with Gasteiger partial charge in [-0.3, -0.25) is 9.59 Å². The lowest BCUT2D eigenvalue weighted by Crippen LogP contribution is -2.44. The lowest BCUT2D eigenvalue weighted by molar-refractivity contribution is -0.144. The number of carbonyl (C=O) groups is 2. The molecular weight excluding hydrogens is 172 g/mol. The maximum atomic E-state index is 11.4. The molecule has 1 saturated heterocycles. The number of nitrogens with two attached hydrogens (primary N) is 1. The zero-order chi connectivity index (χ0) is 9.84. The second-order valence-corrected chi connectivity index (χ2v) is 3.26. The highest BCUT2D eigenvalue weighted by molar-refractivity contribution is 5.85. The number of carboxylic acids is 1. The summed E-state index contributed by atoms with van der Waals surface area (Å²) in [7, 11) is 0. The number of likely N-dealkylation sites (tertiary alicyclic amines) is 1. The molecule has 1 aliphatic heterocycles. The van der Waals surface area contributed by atoms with Gasteiger partial charge in [0.25, 0.3) is 0 Å². The summed E-state index contributed by atoms with van der Waals surface area (Å²) in [5, 5.41) is 8.53. The van der Waals surface area contributed by atoms with Crippen molar-refractivity contribution in [3.63, 3.8) is 0 Å². The summed E-state index contributed by atoms with van der Waals surface area (Å²) in [6.45, 7) is 0.283. The van der Waals surface area contributed by atoms with Gasteiger partial charge in [-0.1, -0.05) is 0 Å². The summed E-state index contributed by atoms with van der Waals surface area (Å²) in [6.07, 6.45) is 2.39. The summed E-state index contributed by atoms with van der Waals surface area (Å²) in [5.41, 5.74) is 5.56. The van der Waals surface area contributed by atoms with Crippen LogP contribution in [0.25, 0.3) is 0 Å². The Balaban J connectivity index is 2.59. The Kier molecular flexibility index (Phi) is 3.25. The molecule has 0 saturated carbocycles. The van der Waals surface area contributed by atoms with Gasteiger partial charge in [-0.15, -0.1) is 0 Å². The van der Waals surface area contributed by atoms with E-state index in [2.05, 4.69) is 0 Å². The van der Waals surface area contributed by atoms with Crippen molar-refractivity contribution in [2.24, 2.45) is 5.73 Å². The van der Waals surface area contributed by atoms with Crippen LogP contribution in [0, 0.1) is 0 Å². The molecule has 0 unspecified atom stereocenters. The number of amides is 1. The number of nitrogens with zero attached hydrogens (tertiary/aromatic N) is 1. The lowest BCUT2D eigenvalue weighted by Gasteiger charge is -2.20. The van der Waals surface area contributed by atoms with Gasteiger partial charge in [0.1, 0.15) is 6.54 Å². The first-order valence-corrected chi connectivity index (χ1v) is 4.37. The second-order valence-electron chi connectivity index (χ2n) is 3.26. The van der Waals surface area contributed by atoms with Crippen LogP contribution in [-0.2, 0) is 9.59 Å². The summed E-state index contributed by atoms with van der Waals surface area (Å²) in [5.74, 6) is -1.22. The molecule has 0 aromatic rings. The summed E-state index contributed by atoms with van der Waals surface area (Å²) in [6, 6.07) is -0.512. The van der Waals surface area contributed by atoms with Gasteiger partial charge in [0.05, 0.1) is 6.04 Å². The van der Waals surface area contributed by atoms with Crippen LogP contribution in [0.1, 0.15) is 19.3 Å². The fourth-order valence-electron chi connectivity index (χ4n) is 1.46. The van der Waals surface area contributed by atoms with Gasteiger partial charge in [0.15, 0.2) is 0 Å². The van der Waals surface area contributed by atoms with Crippen molar-refractivity contribution in [3.05, 3.63) is 0 Å². The van der Waals surface area contributed by atoms with E-state index in [1.807, 2.05) is 0 Å². The van der Waals surface area contributed by atoms with Crippen LogP contribution in [-0.4, -0.2) is 41.0 Å². The van der Waals surface area contributed by atoms with E-state index in [9.17, 15) is 9.59 Å². The zero-order valence-corrected chi connectivity index (χ0v) is 7.40. The highest BCUT2D eigenvalue weighted by Crippen LogP contribution is 2.09. The van der Waals surface area contributed by atoms with Gasteiger partial charge in [-0.2, -0.15) is 0 Å². The average Bonchev–Trinajstić information content (AvgIpc) is 2.19. The first-order chi connectivity index (χ1) is 6.11. The minimum atomic E-state index is -0.984. The molecule has 5 nitrogen and oxygen atoms in total. The van der Waals surface area contributed by atoms with Crippen LogP contribution in [0.3, 0.4) is 0 Å². The van der Waals surface area contributed by atoms with E-state index in [0.29, 0.717) is 13.0 Å². The number of rotatable bonds is 2. The fraction of sp³-hybridized carbons (Fsp3) is 0.750. The highest BCUT2D eigenvalue weighted by Gasteiger charge is 2.24. The molecule has 3 N–H and O–H groups in total. The maximum Gasteiger partial charge on any atom is 0.323 e. The third-order valence-electron chi connectivity index (χ3n) is 2.15. The molecule has 0 spiro atoms. The predicted octanol–water partition coefficient (Wildman–Crippen LogP) is -0.589. The van der Waals surface area contributed by atoms with Crippen molar-refractivity contribution >= 4 is 11.9 Å². The molecule has 0 aromatic heterocycles. The second kappa shape index (κ2) is 4.23. The van der Waals surface area contributed by atoms with E-state index < -0.39 is 12.0 Å². The predicted molar refractivity (Wildman–Crippen MR) is 46.0 cm³/mol. The van der Waals surface area contributed by atoms with Crippen molar-refractivity contribution in [1.82, 2.24) is 4.90 Å². The molecule has 1 fully saturated rings. The molecule has 0 aromatic carbocycles. The highest BCUT2D eigenvalue weighted by atomic mass is 16.4. The smallest absolute Gasteiger partial charge is 0.323 e. The molecule has 0 bridgehead atoms. The summed E-state index contributed by atoms with van der Waals surface area (Å²) < 4.78 is 0. The van der Waals surface area contributed by atoms with Gasteiger partial charge in [-0.25, -0.2) is 0 Å². The fourth-order valence-corrected chi connectivity index (χ4v) is 1.46. The van der Waals surface area contributed by atoms with E-state index in [1.165, 1.54) is 4.90 Å². The maximum absolute atomic E-state index is 11.4. The Labute approximate surface area is 76.5 Å². The Morgan fingerprint density at radius 2 is 2.31 bits per heavy atom. The number of hydrogen-bond donors (Lipinski definition) is 2. The third kappa shape index (κ3) is 2.69. The lowest BCUT2D eigenvalue weighted by atomic mass is 10.1. The number of hydrogen-bond acceptors (Lipinski definition) is 3. The molecule has 1 rings (SSSR count). The quantitative estimate of drug-likeness (QED) is 0.603. The zero-order valence-electron chi connectivity index (χ0n) is 7.40. The molecule has 1 heterocycles. The molecule has 1 aliphatic rings. The molecular formula is C8H14N2O3. The minimum absolute atomic E-state index is 0.230. The Hall–Kier alpha value is -1.10. The largest absolute Gasteiger partial charge is 0.480 e. The van der Waals surface area contributed by atoms with Crippen molar-refractivity contribution < 1.29 is 14.7 Å². The van der Waals surface area contributed by atoms with Crippen molar-refractivity contribution in [2.45, 2.75) is 25.3 Å². The Morgan fingerprint density at radius 3 is 2.92 bits per heavy atom. The first kappa shape index (κ1) is 9.98. The van der Waals surface area contributed by atoms with Gasteiger partial charge < -0.3 is 15.7 Å². The molecule has 1 atom stereocenters. The molecule has 1 amide bonds. The van der Waals surface area contributed by atoms with Crippen LogP contribution < -0.4 is 5.73 Å². The Bertz CT molecular complexity index is 217. The summed E-state index contributed by atoms with van der Waals surface area (Å²) >= 11 is 0. The van der Waals surface area contributed by atoms with Crippen molar-refractivity contribution in [3.8, 4) is 0 Å². The van der Waals surface area contributed by atoms with Crippen molar-refractivity contribution in [1.29, 1.82) is 0 Å². The van der Waals surface area contributed by atoms with E-state index in [-0.39, 0.29) is 12.5 Å². The van der Waals surface area contributed by atoms with E-state index in [4.69, 9.17) is 10.8 Å². The van der Waals surface area contributed by atoms with Crippen LogP contribution in [0.5, 0.6) is 0 Å². The van der Waals surface area contributed by atoms with Crippen LogP contribution in [0.15, 0.2) is 0 Å². The van der Waals surface area contributed by atoms with Gasteiger partial charge in [-0.05, 0) is 19.3 Å². The van der Waals surface area contributed by atoms with Crippen molar-refractivity contribution in [2.75, 3.05) is 13.1 Å². The van der Waals surface area contributed by atoms with E-state index in [1.54, 1.807) is 0 Å². The van der Waals surface area contributed by atoms with E-state index in [0.717, 1.165) is 12.8 Å². The SMILES string of the molecule is N[C@@H]1CCCCN(CC(=O)O)C1=O. The third-order valence-corrected chi connectivity index (χ3v) is 2.15.